The van der Waals surface area contributed by atoms with Gasteiger partial charge in [0, 0.05) is 19.1 Å². The van der Waals surface area contributed by atoms with E-state index in [0.717, 1.165) is 6.54 Å². The average molecular weight is 222 g/mol. The second-order valence-corrected chi connectivity index (χ2v) is 4.04. The number of aliphatic carboxylic acids is 1. The highest BCUT2D eigenvalue weighted by molar-refractivity contribution is 5.67. The van der Waals surface area contributed by atoms with E-state index in [-0.39, 0.29) is 12.5 Å². The lowest BCUT2D eigenvalue weighted by Gasteiger charge is -2.20. The summed E-state index contributed by atoms with van der Waals surface area (Å²) < 4.78 is 0. The third kappa shape index (κ3) is 4.91. The molecule has 0 spiro atoms. The first kappa shape index (κ1) is 12.7. The summed E-state index contributed by atoms with van der Waals surface area (Å²) in [6, 6.07) is 9.71. The molecule has 1 atom stereocenters. The number of rotatable bonds is 6. The summed E-state index contributed by atoms with van der Waals surface area (Å²) in [5, 5.41) is 8.59. The van der Waals surface area contributed by atoms with Crippen molar-refractivity contribution in [3.8, 4) is 0 Å². The third-order valence-electron chi connectivity index (χ3n) is 2.28. The first-order valence-corrected chi connectivity index (χ1v) is 5.28. The van der Waals surface area contributed by atoms with Crippen molar-refractivity contribution in [2.75, 3.05) is 13.6 Å². The van der Waals surface area contributed by atoms with Crippen LogP contribution in [0.15, 0.2) is 30.3 Å². The maximum Gasteiger partial charge on any atom is 0.304 e. The molecule has 0 bridgehead atoms. The summed E-state index contributed by atoms with van der Waals surface area (Å²) in [5.41, 5.74) is 6.91. The number of nitrogens with zero attached hydrogens (tertiary/aromatic N) is 1. The highest BCUT2D eigenvalue weighted by Crippen LogP contribution is 2.03. The Morgan fingerprint density at radius 1 is 1.44 bits per heavy atom. The van der Waals surface area contributed by atoms with Crippen LogP contribution in [0.2, 0.25) is 0 Å². The van der Waals surface area contributed by atoms with E-state index in [9.17, 15) is 4.79 Å². The molecule has 1 unspecified atom stereocenters. The Hall–Kier alpha value is -1.39. The molecule has 1 aromatic rings. The molecule has 0 saturated carbocycles. The van der Waals surface area contributed by atoms with Crippen molar-refractivity contribution in [2.45, 2.75) is 19.0 Å². The van der Waals surface area contributed by atoms with Gasteiger partial charge in [0.15, 0.2) is 0 Å². The highest BCUT2D eigenvalue weighted by atomic mass is 16.4. The lowest BCUT2D eigenvalue weighted by Crippen LogP contribution is -2.36. The Balaban J connectivity index is 2.36. The SMILES string of the molecule is CN(Cc1ccccc1)CC(N)CC(=O)O. The van der Waals surface area contributed by atoms with Gasteiger partial charge in [-0.15, -0.1) is 0 Å². The number of carboxylic acid groups (broad SMARTS) is 1. The van der Waals surface area contributed by atoms with E-state index in [1.807, 2.05) is 42.3 Å². The maximum atomic E-state index is 10.5. The van der Waals surface area contributed by atoms with Crippen molar-refractivity contribution in [1.82, 2.24) is 4.90 Å². The lowest BCUT2D eigenvalue weighted by molar-refractivity contribution is -0.137. The van der Waals surface area contributed by atoms with E-state index in [0.29, 0.717) is 6.54 Å². The molecule has 4 heteroatoms. The van der Waals surface area contributed by atoms with Gasteiger partial charge in [0.2, 0.25) is 0 Å². The number of carboxylic acids is 1. The molecule has 0 heterocycles. The smallest absolute Gasteiger partial charge is 0.304 e. The average Bonchev–Trinajstić information content (AvgIpc) is 2.17. The summed E-state index contributed by atoms with van der Waals surface area (Å²) in [5.74, 6) is -0.847. The molecule has 1 aromatic carbocycles. The van der Waals surface area contributed by atoms with Gasteiger partial charge in [-0.3, -0.25) is 4.79 Å². The lowest BCUT2D eigenvalue weighted by atomic mass is 10.2. The van der Waals surface area contributed by atoms with E-state index < -0.39 is 5.97 Å². The Bertz CT molecular complexity index is 327. The fourth-order valence-corrected chi connectivity index (χ4v) is 1.65. The van der Waals surface area contributed by atoms with Crippen LogP contribution in [-0.2, 0) is 11.3 Å². The van der Waals surface area contributed by atoms with E-state index in [1.54, 1.807) is 0 Å². The fourth-order valence-electron chi connectivity index (χ4n) is 1.65. The minimum Gasteiger partial charge on any atom is -0.481 e. The molecular weight excluding hydrogens is 204 g/mol. The van der Waals surface area contributed by atoms with Crippen LogP contribution >= 0.6 is 0 Å². The monoisotopic (exact) mass is 222 g/mol. The van der Waals surface area contributed by atoms with Gasteiger partial charge in [0.05, 0.1) is 6.42 Å². The van der Waals surface area contributed by atoms with Gasteiger partial charge in [-0.2, -0.15) is 0 Å². The maximum absolute atomic E-state index is 10.5. The summed E-state index contributed by atoms with van der Waals surface area (Å²) in [6.45, 7) is 1.37. The molecule has 3 N–H and O–H groups in total. The number of likely N-dealkylation sites (N-methyl/N-ethyl adjacent to an activating group) is 1. The van der Waals surface area contributed by atoms with Crippen LogP contribution in [0.3, 0.4) is 0 Å². The van der Waals surface area contributed by atoms with Crippen LogP contribution in [0.4, 0.5) is 0 Å². The molecule has 16 heavy (non-hydrogen) atoms. The topological polar surface area (TPSA) is 66.6 Å². The van der Waals surface area contributed by atoms with Gasteiger partial charge in [-0.05, 0) is 12.6 Å². The molecule has 0 saturated heterocycles. The second-order valence-electron chi connectivity index (χ2n) is 4.04. The number of benzene rings is 1. The molecule has 0 amide bonds. The van der Waals surface area contributed by atoms with Crippen LogP contribution < -0.4 is 5.73 Å². The fraction of sp³-hybridized carbons (Fsp3) is 0.417. The molecule has 88 valence electrons. The zero-order valence-corrected chi connectivity index (χ0v) is 9.47. The summed E-state index contributed by atoms with van der Waals surface area (Å²) in [6.07, 6.45) is 0.0130. The van der Waals surface area contributed by atoms with Crippen molar-refractivity contribution < 1.29 is 9.90 Å². The second kappa shape index (κ2) is 6.25. The molecule has 0 fully saturated rings. The van der Waals surface area contributed by atoms with Gasteiger partial charge in [-0.25, -0.2) is 0 Å². The van der Waals surface area contributed by atoms with Crippen LogP contribution in [0.1, 0.15) is 12.0 Å². The Kier molecular flexibility index (Phi) is 4.95. The van der Waals surface area contributed by atoms with Gasteiger partial charge in [-0.1, -0.05) is 30.3 Å². The van der Waals surface area contributed by atoms with Crippen molar-refractivity contribution in [3.05, 3.63) is 35.9 Å². The summed E-state index contributed by atoms with van der Waals surface area (Å²) in [4.78, 5) is 12.5. The molecule has 0 aliphatic carbocycles. The van der Waals surface area contributed by atoms with Gasteiger partial charge < -0.3 is 15.7 Å². The number of hydrogen-bond donors (Lipinski definition) is 2. The predicted molar refractivity (Wildman–Crippen MR) is 63.0 cm³/mol. The van der Waals surface area contributed by atoms with Crippen molar-refractivity contribution >= 4 is 5.97 Å². The summed E-state index contributed by atoms with van der Waals surface area (Å²) >= 11 is 0. The minimum atomic E-state index is -0.847. The van der Waals surface area contributed by atoms with E-state index in [1.165, 1.54) is 5.56 Å². The molecule has 0 aromatic heterocycles. The Morgan fingerprint density at radius 2 is 2.06 bits per heavy atom. The van der Waals surface area contributed by atoms with Gasteiger partial charge >= 0.3 is 5.97 Å². The van der Waals surface area contributed by atoms with Crippen LogP contribution in [0.5, 0.6) is 0 Å². The number of hydrogen-bond acceptors (Lipinski definition) is 3. The van der Waals surface area contributed by atoms with Crippen molar-refractivity contribution in [2.24, 2.45) is 5.73 Å². The van der Waals surface area contributed by atoms with Crippen molar-refractivity contribution in [3.63, 3.8) is 0 Å². The molecule has 0 aliphatic rings. The van der Waals surface area contributed by atoms with Crippen molar-refractivity contribution in [1.29, 1.82) is 0 Å². The zero-order valence-electron chi connectivity index (χ0n) is 9.47. The molecule has 1 rings (SSSR count). The van der Waals surface area contributed by atoms with E-state index in [4.69, 9.17) is 10.8 Å². The molecular formula is C12H18N2O2. The zero-order chi connectivity index (χ0) is 12.0. The quantitative estimate of drug-likeness (QED) is 0.751. The van der Waals surface area contributed by atoms with Gasteiger partial charge in [0.1, 0.15) is 0 Å². The Morgan fingerprint density at radius 3 is 2.62 bits per heavy atom. The van der Waals surface area contributed by atoms with Crippen LogP contribution in [0, 0.1) is 0 Å². The summed E-state index contributed by atoms with van der Waals surface area (Å²) in [7, 11) is 1.94. The predicted octanol–water partition coefficient (Wildman–Crippen LogP) is 0.920. The molecule has 4 nitrogen and oxygen atoms in total. The molecule has 0 aliphatic heterocycles. The number of carbonyl (C=O) groups is 1. The first-order chi connectivity index (χ1) is 7.58. The van der Waals surface area contributed by atoms with Crippen LogP contribution in [0.25, 0.3) is 0 Å². The highest BCUT2D eigenvalue weighted by Gasteiger charge is 2.10. The third-order valence-corrected chi connectivity index (χ3v) is 2.28. The largest absolute Gasteiger partial charge is 0.481 e. The van der Waals surface area contributed by atoms with Gasteiger partial charge in [0.25, 0.3) is 0 Å². The number of nitrogens with two attached hydrogens (primary N) is 1. The minimum absolute atomic E-state index is 0.0130. The van der Waals surface area contributed by atoms with E-state index in [2.05, 4.69) is 0 Å². The van der Waals surface area contributed by atoms with E-state index >= 15 is 0 Å². The van der Waals surface area contributed by atoms with Crippen LogP contribution in [-0.4, -0.2) is 35.6 Å². The first-order valence-electron chi connectivity index (χ1n) is 5.28. The Labute approximate surface area is 95.7 Å². The standard InChI is InChI=1S/C12H18N2O2/c1-14(9-11(13)7-12(15)16)8-10-5-3-2-4-6-10/h2-6,11H,7-9,13H2,1H3,(H,15,16). The normalized spacial score (nSPS) is 12.7. The molecule has 0 radical (unpaired) electrons.